The van der Waals surface area contributed by atoms with Crippen LogP contribution in [0.5, 0.6) is 0 Å². The van der Waals surface area contributed by atoms with Gasteiger partial charge in [0.15, 0.2) is 0 Å². The van der Waals surface area contributed by atoms with Gasteiger partial charge in [-0.05, 0) is 11.6 Å². The molecule has 1 aromatic rings. The maximum absolute atomic E-state index is 11.5. The van der Waals surface area contributed by atoms with Gasteiger partial charge in [0.25, 0.3) is 0 Å². The highest BCUT2D eigenvalue weighted by molar-refractivity contribution is 5.78. The summed E-state index contributed by atoms with van der Waals surface area (Å²) in [7, 11) is 4.01. The largest absolute Gasteiger partial charge is 0.377 e. The van der Waals surface area contributed by atoms with Gasteiger partial charge in [0.05, 0.1) is 0 Å². The van der Waals surface area contributed by atoms with E-state index in [1.54, 1.807) is 0 Å². The molecule has 0 atom stereocenters. The summed E-state index contributed by atoms with van der Waals surface area (Å²) in [5.74, 6) is 0.125. The van der Waals surface area contributed by atoms with E-state index in [2.05, 4.69) is 16.3 Å². The fourth-order valence-electron chi connectivity index (χ4n) is 1.48. The molecule has 0 heterocycles. The number of carbonyl (C=O) groups excluding carboxylic acids is 1. The topological polar surface area (TPSA) is 32.3 Å². The molecular formula is C13H20N2O. The number of carbonyl (C=O) groups is 1. The number of hydrogen-bond acceptors (Lipinski definition) is 2. The first-order valence-corrected chi connectivity index (χ1v) is 5.55. The first-order chi connectivity index (χ1) is 7.52. The Balaban J connectivity index is 2.70. The van der Waals surface area contributed by atoms with Crippen LogP contribution in [0, 0.1) is 5.92 Å². The van der Waals surface area contributed by atoms with E-state index in [0.29, 0.717) is 6.54 Å². The van der Waals surface area contributed by atoms with E-state index >= 15 is 0 Å². The number of para-hydroxylation sites is 1. The van der Waals surface area contributed by atoms with Gasteiger partial charge in [-0.25, -0.2) is 0 Å². The first kappa shape index (κ1) is 12.6. The van der Waals surface area contributed by atoms with Crippen molar-refractivity contribution < 1.29 is 4.79 Å². The van der Waals surface area contributed by atoms with Crippen molar-refractivity contribution in [1.29, 1.82) is 0 Å². The highest BCUT2D eigenvalue weighted by atomic mass is 16.1. The Labute approximate surface area is 97.5 Å². The van der Waals surface area contributed by atoms with Crippen LogP contribution >= 0.6 is 0 Å². The van der Waals surface area contributed by atoms with E-state index in [0.717, 1.165) is 11.3 Å². The number of rotatable bonds is 4. The molecular weight excluding hydrogens is 200 g/mol. The molecule has 0 saturated heterocycles. The van der Waals surface area contributed by atoms with Gasteiger partial charge in [-0.15, -0.1) is 0 Å². The Bertz CT molecular complexity index is 359. The van der Waals surface area contributed by atoms with Gasteiger partial charge in [-0.2, -0.15) is 0 Å². The van der Waals surface area contributed by atoms with Crippen molar-refractivity contribution in [1.82, 2.24) is 5.32 Å². The molecule has 1 rings (SSSR count). The van der Waals surface area contributed by atoms with Crippen LogP contribution in [0.25, 0.3) is 0 Å². The number of nitrogens with zero attached hydrogens (tertiary/aromatic N) is 1. The lowest BCUT2D eigenvalue weighted by Gasteiger charge is -2.18. The van der Waals surface area contributed by atoms with E-state index in [1.807, 2.05) is 46.1 Å². The molecule has 0 aromatic heterocycles. The summed E-state index contributed by atoms with van der Waals surface area (Å²) in [4.78, 5) is 13.5. The van der Waals surface area contributed by atoms with Gasteiger partial charge >= 0.3 is 0 Å². The van der Waals surface area contributed by atoms with Gasteiger partial charge in [0.1, 0.15) is 0 Å². The number of hydrogen-bond donors (Lipinski definition) is 1. The van der Waals surface area contributed by atoms with Gasteiger partial charge < -0.3 is 10.2 Å². The number of nitrogens with one attached hydrogen (secondary N) is 1. The van der Waals surface area contributed by atoms with Crippen molar-refractivity contribution in [3.8, 4) is 0 Å². The summed E-state index contributed by atoms with van der Waals surface area (Å²) in [5.41, 5.74) is 2.29. The summed E-state index contributed by atoms with van der Waals surface area (Å²) in [6.45, 7) is 4.38. The number of benzene rings is 1. The Morgan fingerprint density at radius 3 is 2.50 bits per heavy atom. The Hall–Kier alpha value is -1.51. The molecule has 3 nitrogen and oxygen atoms in total. The number of anilines is 1. The van der Waals surface area contributed by atoms with Crippen molar-refractivity contribution in [3.05, 3.63) is 29.8 Å². The van der Waals surface area contributed by atoms with Crippen LogP contribution in [0.1, 0.15) is 19.4 Å². The summed E-state index contributed by atoms with van der Waals surface area (Å²) >= 11 is 0. The molecule has 0 aliphatic heterocycles. The van der Waals surface area contributed by atoms with Crippen LogP contribution < -0.4 is 10.2 Å². The third kappa shape index (κ3) is 3.26. The van der Waals surface area contributed by atoms with Crippen LogP contribution in [-0.4, -0.2) is 20.0 Å². The Morgan fingerprint density at radius 1 is 1.31 bits per heavy atom. The maximum Gasteiger partial charge on any atom is 0.222 e. The third-order valence-corrected chi connectivity index (χ3v) is 2.45. The summed E-state index contributed by atoms with van der Waals surface area (Å²) < 4.78 is 0. The SMILES string of the molecule is CC(C)C(=O)NCc1ccccc1N(C)C. The smallest absolute Gasteiger partial charge is 0.222 e. The highest BCUT2D eigenvalue weighted by Gasteiger charge is 2.08. The molecule has 16 heavy (non-hydrogen) atoms. The molecule has 0 saturated carbocycles. The van der Waals surface area contributed by atoms with Crippen molar-refractivity contribution >= 4 is 11.6 Å². The molecule has 0 aliphatic carbocycles. The zero-order chi connectivity index (χ0) is 12.1. The van der Waals surface area contributed by atoms with Crippen molar-refractivity contribution in [2.24, 2.45) is 5.92 Å². The fourth-order valence-corrected chi connectivity index (χ4v) is 1.48. The monoisotopic (exact) mass is 220 g/mol. The molecule has 0 radical (unpaired) electrons. The van der Waals surface area contributed by atoms with Crippen LogP contribution in [0.4, 0.5) is 5.69 Å². The first-order valence-electron chi connectivity index (χ1n) is 5.55. The zero-order valence-electron chi connectivity index (χ0n) is 10.4. The molecule has 0 bridgehead atoms. The molecule has 1 aromatic carbocycles. The lowest BCUT2D eigenvalue weighted by atomic mass is 10.1. The zero-order valence-corrected chi connectivity index (χ0v) is 10.4. The average Bonchev–Trinajstić information content (AvgIpc) is 2.25. The van der Waals surface area contributed by atoms with Crippen molar-refractivity contribution in [2.75, 3.05) is 19.0 Å². The summed E-state index contributed by atoms with van der Waals surface area (Å²) in [6.07, 6.45) is 0. The second-order valence-corrected chi connectivity index (χ2v) is 4.40. The van der Waals surface area contributed by atoms with Crippen LogP contribution in [-0.2, 0) is 11.3 Å². The van der Waals surface area contributed by atoms with Crippen molar-refractivity contribution in [3.63, 3.8) is 0 Å². The average molecular weight is 220 g/mol. The molecule has 0 spiro atoms. The van der Waals surface area contributed by atoms with Gasteiger partial charge in [0.2, 0.25) is 5.91 Å². The Kier molecular flexibility index (Phi) is 4.35. The lowest BCUT2D eigenvalue weighted by Crippen LogP contribution is -2.27. The van der Waals surface area contributed by atoms with E-state index < -0.39 is 0 Å². The van der Waals surface area contributed by atoms with Crippen LogP contribution in [0.15, 0.2) is 24.3 Å². The minimum Gasteiger partial charge on any atom is -0.377 e. The van der Waals surface area contributed by atoms with Crippen LogP contribution in [0.2, 0.25) is 0 Å². The molecule has 0 aliphatic rings. The van der Waals surface area contributed by atoms with E-state index in [1.165, 1.54) is 0 Å². The quantitative estimate of drug-likeness (QED) is 0.842. The second-order valence-electron chi connectivity index (χ2n) is 4.40. The van der Waals surface area contributed by atoms with Crippen molar-refractivity contribution in [2.45, 2.75) is 20.4 Å². The minimum atomic E-state index is 0.0338. The van der Waals surface area contributed by atoms with E-state index in [9.17, 15) is 4.79 Å². The molecule has 88 valence electrons. The standard InChI is InChI=1S/C13H20N2O/c1-10(2)13(16)14-9-11-7-5-6-8-12(11)15(3)4/h5-8,10H,9H2,1-4H3,(H,14,16). The van der Waals surface area contributed by atoms with Crippen LogP contribution in [0.3, 0.4) is 0 Å². The minimum absolute atomic E-state index is 0.0338. The van der Waals surface area contributed by atoms with Gasteiger partial charge in [0, 0.05) is 32.2 Å². The van der Waals surface area contributed by atoms with Gasteiger partial charge in [-0.3, -0.25) is 4.79 Å². The highest BCUT2D eigenvalue weighted by Crippen LogP contribution is 2.17. The predicted molar refractivity (Wildman–Crippen MR) is 67.5 cm³/mol. The van der Waals surface area contributed by atoms with E-state index in [4.69, 9.17) is 0 Å². The second kappa shape index (κ2) is 5.54. The fraction of sp³-hybridized carbons (Fsp3) is 0.462. The molecule has 0 unspecified atom stereocenters. The molecule has 1 amide bonds. The lowest BCUT2D eigenvalue weighted by molar-refractivity contribution is -0.124. The molecule has 0 fully saturated rings. The summed E-state index contributed by atoms with van der Waals surface area (Å²) in [6, 6.07) is 8.08. The third-order valence-electron chi connectivity index (χ3n) is 2.45. The molecule has 1 N–H and O–H groups in total. The normalized spacial score (nSPS) is 10.3. The van der Waals surface area contributed by atoms with E-state index in [-0.39, 0.29) is 11.8 Å². The maximum atomic E-state index is 11.5. The summed E-state index contributed by atoms with van der Waals surface area (Å²) in [5, 5.41) is 2.93. The van der Waals surface area contributed by atoms with Gasteiger partial charge in [-0.1, -0.05) is 32.0 Å². The number of amides is 1. The Morgan fingerprint density at radius 2 is 1.94 bits per heavy atom. The molecule has 3 heteroatoms. The predicted octanol–water partition coefficient (Wildman–Crippen LogP) is 2.02.